The Balaban J connectivity index is 1.12. The number of benzene rings is 9. The van der Waals surface area contributed by atoms with Crippen molar-refractivity contribution in [2.45, 2.75) is 12.3 Å². The highest BCUT2D eigenvalue weighted by atomic mass is 32.1. The van der Waals surface area contributed by atoms with Crippen molar-refractivity contribution in [1.82, 2.24) is 9.13 Å². The third-order valence-corrected chi connectivity index (χ3v) is 14.9. The third-order valence-electron chi connectivity index (χ3n) is 13.7. The van der Waals surface area contributed by atoms with Gasteiger partial charge in [0, 0.05) is 63.9 Å². The molecule has 3 aliphatic rings. The zero-order valence-electron chi connectivity index (χ0n) is 32.2. The van der Waals surface area contributed by atoms with Crippen LogP contribution in [0.2, 0.25) is 0 Å². The highest BCUT2D eigenvalue weighted by Crippen LogP contribution is 2.58. The van der Waals surface area contributed by atoms with Crippen LogP contribution in [0.3, 0.4) is 0 Å². The molecule has 4 bridgehead atoms. The Labute approximate surface area is 344 Å². The van der Waals surface area contributed by atoms with Crippen molar-refractivity contribution in [3.63, 3.8) is 0 Å². The molecule has 274 valence electrons. The number of para-hydroxylation sites is 3. The minimum absolute atomic E-state index is 0.349. The van der Waals surface area contributed by atoms with Crippen molar-refractivity contribution in [2.75, 3.05) is 0 Å². The van der Waals surface area contributed by atoms with Gasteiger partial charge in [0.1, 0.15) is 0 Å². The van der Waals surface area contributed by atoms with E-state index in [9.17, 15) is 0 Å². The largest absolute Gasteiger partial charge is 0.309 e. The molecule has 0 amide bonds. The van der Waals surface area contributed by atoms with Gasteiger partial charge in [0.25, 0.3) is 0 Å². The minimum Gasteiger partial charge on any atom is -0.309 e. The second-order valence-electron chi connectivity index (χ2n) is 16.6. The highest BCUT2D eigenvalue weighted by Gasteiger charge is 2.43. The van der Waals surface area contributed by atoms with Crippen LogP contribution >= 0.6 is 11.3 Å². The molecule has 59 heavy (non-hydrogen) atoms. The summed E-state index contributed by atoms with van der Waals surface area (Å²) in [6.45, 7) is 2.48. The van der Waals surface area contributed by atoms with E-state index < -0.39 is 0 Å². The SMILES string of the molecule is CC12c3ccccc3-c3cc4c5ccccc5n(c4cc31)-c1cc(-c3ccc4c(c3)c3ccccc3n4-c3ccccc3)ccc1-c1ccc2c2c1sc1ccccc12. The molecule has 2 aliphatic heterocycles. The molecule has 9 aromatic carbocycles. The van der Waals surface area contributed by atoms with Crippen LogP contribution in [0.1, 0.15) is 23.6 Å². The summed E-state index contributed by atoms with van der Waals surface area (Å²) in [6, 6.07) is 70.9. The van der Waals surface area contributed by atoms with Gasteiger partial charge in [0.15, 0.2) is 0 Å². The average Bonchev–Trinajstić information content (AvgIpc) is 4.01. The quantitative estimate of drug-likeness (QED) is 0.166. The molecule has 0 saturated carbocycles. The van der Waals surface area contributed by atoms with E-state index in [1.807, 2.05) is 11.3 Å². The van der Waals surface area contributed by atoms with Gasteiger partial charge in [-0.05, 0) is 107 Å². The lowest BCUT2D eigenvalue weighted by Crippen LogP contribution is -2.22. The molecule has 3 aromatic heterocycles. The lowest BCUT2D eigenvalue weighted by atomic mass is 9.72. The van der Waals surface area contributed by atoms with Gasteiger partial charge >= 0.3 is 0 Å². The van der Waals surface area contributed by atoms with Gasteiger partial charge in [-0.2, -0.15) is 0 Å². The first-order chi connectivity index (χ1) is 29.1. The fourth-order valence-electron chi connectivity index (χ4n) is 11.1. The molecule has 15 rings (SSSR count). The van der Waals surface area contributed by atoms with E-state index in [-0.39, 0.29) is 5.41 Å². The summed E-state index contributed by atoms with van der Waals surface area (Å²) in [6.07, 6.45) is 0. The lowest BCUT2D eigenvalue weighted by Gasteiger charge is -2.29. The summed E-state index contributed by atoms with van der Waals surface area (Å²) in [5, 5.41) is 7.80. The van der Waals surface area contributed by atoms with E-state index >= 15 is 0 Å². The van der Waals surface area contributed by atoms with Crippen LogP contribution in [0.4, 0.5) is 0 Å². The molecule has 0 radical (unpaired) electrons. The number of hydrogen-bond donors (Lipinski definition) is 0. The zero-order valence-corrected chi connectivity index (χ0v) is 33.0. The van der Waals surface area contributed by atoms with Crippen LogP contribution in [-0.4, -0.2) is 9.13 Å². The Morgan fingerprint density at radius 3 is 1.88 bits per heavy atom. The van der Waals surface area contributed by atoms with Crippen LogP contribution in [0.25, 0.3) is 109 Å². The summed E-state index contributed by atoms with van der Waals surface area (Å²) in [5.74, 6) is 0. The molecular formula is C56H34N2S. The first-order valence-corrected chi connectivity index (χ1v) is 21.3. The summed E-state index contributed by atoms with van der Waals surface area (Å²) in [4.78, 5) is 0. The normalized spacial score (nSPS) is 15.3. The second-order valence-corrected chi connectivity index (χ2v) is 17.6. The molecule has 1 aliphatic carbocycles. The number of thiophene rings is 1. The molecular weight excluding hydrogens is 733 g/mol. The Morgan fingerprint density at radius 1 is 0.390 bits per heavy atom. The van der Waals surface area contributed by atoms with E-state index in [0.29, 0.717) is 0 Å². The van der Waals surface area contributed by atoms with Crippen molar-refractivity contribution in [2.24, 2.45) is 0 Å². The molecule has 1 atom stereocenters. The maximum atomic E-state index is 2.57. The Morgan fingerprint density at radius 2 is 1.03 bits per heavy atom. The summed E-state index contributed by atoms with van der Waals surface area (Å²) in [7, 11) is 0. The van der Waals surface area contributed by atoms with Gasteiger partial charge in [-0.25, -0.2) is 0 Å². The molecule has 3 heteroatoms. The average molecular weight is 767 g/mol. The van der Waals surface area contributed by atoms with E-state index in [4.69, 9.17) is 0 Å². The Hall–Kier alpha value is -7.20. The monoisotopic (exact) mass is 766 g/mol. The first-order valence-electron chi connectivity index (χ1n) is 20.5. The van der Waals surface area contributed by atoms with Crippen LogP contribution in [0.15, 0.2) is 188 Å². The van der Waals surface area contributed by atoms with Crippen molar-refractivity contribution >= 4 is 75.1 Å². The first kappa shape index (κ1) is 31.8. The van der Waals surface area contributed by atoms with Crippen molar-refractivity contribution in [1.29, 1.82) is 0 Å². The number of fused-ring (bicyclic) bond motifs is 9. The van der Waals surface area contributed by atoms with Crippen LogP contribution in [-0.2, 0) is 5.41 Å². The van der Waals surface area contributed by atoms with Gasteiger partial charge in [-0.15, -0.1) is 11.3 Å². The van der Waals surface area contributed by atoms with Crippen molar-refractivity contribution < 1.29 is 0 Å². The van der Waals surface area contributed by atoms with E-state index in [2.05, 4.69) is 204 Å². The van der Waals surface area contributed by atoms with E-state index in [1.165, 1.54) is 125 Å². The number of nitrogens with zero attached hydrogens (tertiary/aromatic N) is 2. The summed E-state index contributed by atoms with van der Waals surface area (Å²) >= 11 is 1.94. The topological polar surface area (TPSA) is 9.86 Å². The van der Waals surface area contributed by atoms with Gasteiger partial charge in [0.05, 0.1) is 27.8 Å². The van der Waals surface area contributed by atoms with Crippen LogP contribution in [0, 0.1) is 0 Å². The van der Waals surface area contributed by atoms with Crippen LogP contribution in [0.5, 0.6) is 0 Å². The fourth-order valence-corrected chi connectivity index (χ4v) is 12.3. The molecule has 2 nitrogen and oxygen atoms in total. The summed E-state index contributed by atoms with van der Waals surface area (Å²) in [5.41, 5.74) is 18.7. The fraction of sp³-hybridized carbons (Fsp3) is 0.0357. The number of aromatic nitrogens is 2. The van der Waals surface area contributed by atoms with Crippen molar-refractivity contribution in [3.05, 3.63) is 205 Å². The van der Waals surface area contributed by atoms with Gasteiger partial charge in [-0.3, -0.25) is 0 Å². The maximum Gasteiger partial charge on any atom is 0.0547 e. The highest BCUT2D eigenvalue weighted by molar-refractivity contribution is 7.26. The van der Waals surface area contributed by atoms with Gasteiger partial charge in [-0.1, -0.05) is 127 Å². The van der Waals surface area contributed by atoms with Crippen LogP contribution < -0.4 is 0 Å². The minimum atomic E-state index is -0.349. The molecule has 12 aromatic rings. The molecule has 0 saturated heterocycles. The van der Waals surface area contributed by atoms with Gasteiger partial charge < -0.3 is 9.13 Å². The molecule has 5 heterocycles. The molecule has 0 fully saturated rings. The predicted octanol–water partition coefficient (Wildman–Crippen LogP) is 15.2. The second kappa shape index (κ2) is 11.3. The number of hydrogen-bond acceptors (Lipinski definition) is 1. The lowest BCUT2D eigenvalue weighted by molar-refractivity contribution is 0.722. The zero-order chi connectivity index (χ0) is 38.6. The Bertz CT molecular complexity index is 3800. The number of rotatable bonds is 2. The van der Waals surface area contributed by atoms with Gasteiger partial charge in [0.2, 0.25) is 0 Å². The third kappa shape index (κ3) is 4.01. The molecule has 0 spiro atoms. The molecule has 1 unspecified atom stereocenters. The summed E-state index contributed by atoms with van der Waals surface area (Å²) < 4.78 is 7.65. The maximum absolute atomic E-state index is 2.57. The van der Waals surface area contributed by atoms with E-state index in [1.54, 1.807) is 0 Å². The van der Waals surface area contributed by atoms with Crippen molar-refractivity contribution in [3.8, 4) is 44.8 Å². The predicted molar refractivity (Wildman–Crippen MR) is 250 cm³/mol. The Kier molecular flexibility index (Phi) is 6.07. The standard InChI is InChI=1S/C56H34N2S/c1-56-45-19-9-5-15-36(45)42-31-44-38-17-7-11-21-49(38)58(52(44)32-47(42)56)51-30-34(23-25-39(51)40-26-27-46(56)54-41-18-8-12-22-53(41)59-55(40)54)33-24-28-50-43(29-33)37-16-6-10-20-48(37)57(50)35-13-3-2-4-14-35/h2-32H,1H3. The molecule has 0 N–H and O–H groups in total. The smallest absolute Gasteiger partial charge is 0.0547 e. The van der Waals surface area contributed by atoms with E-state index in [0.717, 1.165) is 0 Å².